The van der Waals surface area contributed by atoms with Crippen molar-refractivity contribution in [3.05, 3.63) is 28.3 Å². The molecule has 0 aromatic carbocycles. The Morgan fingerprint density at radius 3 is 2.88 bits per heavy atom. The summed E-state index contributed by atoms with van der Waals surface area (Å²) >= 11 is 0. The predicted molar refractivity (Wildman–Crippen MR) is 60.2 cm³/mol. The Kier molecular flexibility index (Phi) is 4.53. The average molecular weight is 239 g/mol. The first-order chi connectivity index (χ1) is 8.10. The van der Waals surface area contributed by atoms with Gasteiger partial charge >= 0.3 is 0 Å². The molecule has 0 saturated carbocycles. The number of rotatable bonds is 5. The molecule has 92 valence electrons. The maximum atomic E-state index is 9.73. The summed E-state index contributed by atoms with van der Waals surface area (Å²) in [7, 11) is 1.42. The monoisotopic (exact) mass is 239 g/mol. The molecule has 2 unspecified atom stereocenters. The highest BCUT2D eigenvalue weighted by Gasteiger charge is 2.19. The van der Waals surface area contributed by atoms with Crippen LogP contribution in [0.5, 0.6) is 5.88 Å². The van der Waals surface area contributed by atoms with E-state index in [2.05, 4.69) is 15.0 Å². The molecule has 0 bridgehead atoms. The SMILES string of the molecule is COc1ncc(C(O)C(O)CN=[N+]=[N-])cc1N. The molecular weight excluding hydrogens is 226 g/mol. The largest absolute Gasteiger partial charge is 0.480 e. The van der Waals surface area contributed by atoms with Crippen molar-refractivity contribution in [2.45, 2.75) is 12.2 Å². The quantitative estimate of drug-likeness (QED) is 0.387. The summed E-state index contributed by atoms with van der Waals surface area (Å²) in [4.78, 5) is 6.35. The van der Waals surface area contributed by atoms with Gasteiger partial charge in [-0.25, -0.2) is 4.98 Å². The van der Waals surface area contributed by atoms with Gasteiger partial charge in [-0.1, -0.05) is 5.11 Å². The van der Waals surface area contributed by atoms with Crippen LogP contribution in [0.4, 0.5) is 5.69 Å². The molecule has 1 rings (SSSR count). The van der Waals surface area contributed by atoms with Crippen molar-refractivity contribution >= 4 is 5.69 Å². The van der Waals surface area contributed by atoms with Gasteiger partial charge in [-0.3, -0.25) is 0 Å². The molecule has 0 saturated heterocycles. The summed E-state index contributed by atoms with van der Waals surface area (Å²) in [5.74, 6) is 0.241. The molecule has 0 spiro atoms. The fraction of sp³-hybridized carbons (Fsp3) is 0.444. The number of pyridine rings is 1. The number of nitrogens with zero attached hydrogens (tertiary/aromatic N) is 4. The van der Waals surface area contributed by atoms with Gasteiger partial charge in [0, 0.05) is 16.7 Å². The number of methoxy groups -OCH3 is 1. The topological polar surface area (TPSA) is 137 Å². The Labute approximate surface area is 97.3 Å². The van der Waals surface area contributed by atoms with Gasteiger partial charge in [-0.05, 0) is 11.6 Å². The third-order valence-corrected chi connectivity index (χ3v) is 2.13. The molecular formula is C9H13N5O3. The van der Waals surface area contributed by atoms with Gasteiger partial charge in [0.25, 0.3) is 0 Å². The lowest BCUT2D eigenvalue weighted by atomic mass is 10.1. The van der Waals surface area contributed by atoms with Gasteiger partial charge in [0.1, 0.15) is 6.10 Å². The van der Waals surface area contributed by atoms with E-state index in [0.29, 0.717) is 5.56 Å². The number of nitrogen functional groups attached to an aromatic ring is 1. The molecule has 8 nitrogen and oxygen atoms in total. The van der Waals surface area contributed by atoms with Crippen LogP contribution < -0.4 is 10.5 Å². The molecule has 0 aliphatic rings. The molecule has 0 fully saturated rings. The maximum Gasteiger partial charge on any atom is 0.236 e. The van der Waals surface area contributed by atoms with Crippen LogP contribution in [0.2, 0.25) is 0 Å². The first-order valence-corrected chi connectivity index (χ1v) is 4.76. The molecule has 0 amide bonds. The van der Waals surface area contributed by atoms with Crippen LogP contribution in [0.15, 0.2) is 17.4 Å². The van der Waals surface area contributed by atoms with E-state index in [-0.39, 0.29) is 18.1 Å². The van der Waals surface area contributed by atoms with Crippen molar-refractivity contribution in [1.82, 2.24) is 4.98 Å². The van der Waals surface area contributed by atoms with Gasteiger partial charge in [0.15, 0.2) is 0 Å². The second-order valence-corrected chi connectivity index (χ2v) is 3.29. The summed E-state index contributed by atoms with van der Waals surface area (Å²) in [5.41, 5.74) is 14.3. The molecule has 1 heterocycles. The second kappa shape index (κ2) is 5.90. The van der Waals surface area contributed by atoms with Crippen molar-refractivity contribution in [2.75, 3.05) is 19.4 Å². The molecule has 2 atom stereocenters. The lowest BCUT2D eigenvalue weighted by molar-refractivity contribution is 0.0242. The molecule has 4 N–H and O–H groups in total. The third kappa shape index (κ3) is 3.22. The number of nitrogens with two attached hydrogens (primary N) is 1. The summed E-state index contributed by atoms with van der Waals surface area (Å²) in [6.45, 7) is -0.233. The van der Waals surface area contributed by atoms with Crippen molar-refractivity contribution in [1.29, 1.82) is 0 Å². The van der Waals surface area contributed by atoms with E-state index in [9.17, 15) is 10.2 Å². The number of aliphatic hydroxyl groups excluding tert-OH is 2. The number of ether oxygens (including phenoxy) is 1. The van der Waals surface area contributed by atoms with Crippen molar-refractivity contribution in [2.24, 2.45) is 5.11 Å². The number of anilines is 1. The Bertz CT molecular complexity index is 433. The Morgan fingerprint density at radius 1 is 1.65 bits per heavy atom. The molecule has 0 aliphatic heterocycles. The normalized spacial score (nSPS) is 13.6. The van der Waals surface area contributed by atoms with E-state index in [1.54, 1.807) is 0 Å². The van der Waals surface area contributed by atoms with E-state index >= 15 is 0 Å². The minimum atomic E-state index is -1.22. The molecule has 1 aromatic rings. The van der Waals surface area contributed by atoms with Crippen LogP contribution in [0, 0.1) is 0 Å². The molecule has 0 aliphatic carbocycles. The Balaban J connectivity index is 2.85. The van der Waals surface area contributed by atoms with Crippen LogP contribution in [-0.2, 0) is 0 Å². The fourth-order valence-electron chi connectivity index (χ4n) is 1.26. The minimum absolute atomic E-state index is 0.233. The van der Waals surface area contributed by atoms with Crippen molar-refractivity contribution in [3.63, 3.8) is 0 Å². The summed E-state index contributed by atoms with van der Waals surface area (Å²) in [6.07, 6.45) is -1.10. The minimum Gasteiger partial charge on any atom is -0.480 e. The third-order valence-electron chi connectivity index (χ3n) is 2.13. The Morgan fingerprint density at radius 2 is 2.35 bits per heavy atom. The van der Waals surface area contributed by atoms with Crippen LogP contribution in [0.3, 0.4) is 0 Å². The summed E-state index contributed by atoms with van der Waals surface area (Å²) in [6, 6.07) is 1.44. The highest BCUT2D eigenvalue weighted by atomic mass is 16.5. The molecule has 8 heteroatoms. The molecule has 1 aromatic heterocycles. The lowest BCUT2D eigenvalue weighted by Gasteiger charge is -2.16. The van der Waals surface area contributed by atoms with Crippen molar-refractivity contribution < 1.29 is 14.9 Å². The highest BCUT2D eigenvalue weighted by Crippen LogP contribution is 2.24. The van der Waals surface area contributed by atoms with E-state index in [1.165, 1.54) is 19.4 Å². The number of hydrogen-bond donors (Lipinski definition) is 3. The van der Waals surface area contributed by atoms with E-state index in [4.69, 9.17) is 16.0 Å². The zero-order valence-electron chi connectivity index (χ0n) is 9.19. The number of aliphatic hydroxyl groups is 2. The van der Waals surface area contributed by atoms with Gasteiger partial charge < -0.3 is 20.7 Å². The van der Waals surface area contributed by atoms with Crippen LogP contribution in [0.1, 0.15) is 11.7 Å². The predicted octanol–water partition coefficient (Wildman–Crippen LogP) is 0.377. The zero-order chi connectivity index (χ0) is 12.8. The maximum absolute atomic E-state index is 9.73. The van der Waals surface area contributed by atoms with Gasteiger partial charge in [0.2, 0.25) is 5.88 Å². The molecule has 0 radical (unpaired) electrons. The lowest BCUT2D eigenvalue weighted by Crippen LogP contribution is -2.21. The summed E-state index contributed by atoms with van der Waals surface area (Å²) in [5, 5.41) is 22.4. The fourth-order valence-corrected chi connectivity index (χ4v) is 1.26. The van der Waals surface area contributed by atoms with Gasteiger partial charge in [-0.2, -0.15) is 0 Å². The van der Waals surface area contributed by atoms with Crippen LogP contribution in [0.25, 0.3) is 10.4 Å². The number of hydrogen-bond acceptors (Lipinski definition) is 6. The Hall–Kier alpha value is -2.02. The van der Waals surface area contributed by atoms with Crippen LogP contribution >= 0.6 is 0 Å². The smallest absolute Gasteiger partial charge is 0.236 e. The van der Waals surface area contributed by atoms with E-state index in [1.807, 2.05) is 0 Å². The average Bonchev–Trinajstić information content (AvgIpc) is 2.34. The molecule has 17 heavy (non-hydrogen) atoms. The van der Waals surface area contributed by atoms with E-state index < -0.39 is 12.2 Å². The van der Waals surface area contributed by atoms with Gasteiger partial charge in [0.05, 0.1) is 25.4 Å². The number of azide groups is 1. The second-order valence-electron chi connectivity index (χ2n) is 3.29. The first-order valence-electron chi connectivity index (χ1n) is 4.76. The first kappa shape index (κ1) is 13.0. The van der Waals surface area contributed by atoms with Crippen LogP contribution in [-0.4, -0.2) is 35.0 Å². The van der Waals surface area contributed by atoms with Gasteiger partial charge in [-0.15, -0.1) is 0 Å². The zero-order valence-corrected chi connectivity index (χ0v) is 9.19. The highest BCUT2D eigenvalue weighted by molar-refractivity contribution is 5.49. The summed E-state index contributed by atoms with van der Waals surface area (Å²) < 4.78 is 4.86. The standard InChI is InChI=1S/C9H13N5O3/c1-17-9-6(10)2-5(3-12-9)8(16)7(15)4-13-14-11/h2-3,7-8,15-16H,4,10H2,1H3. The van der Waals surface area contributed by atoms with Crippen molar-refractivity contribution in [3.8, 4) is 5.88 Å². The van der Waals surface area contributed by atoms with E-state index in [0.717, 1.165) is 0 Å². The number of aromatic nitrogens is 1.